The van der Waals surface area contributed by atoms with E-state index in [1.807, 2.05) is 47.4 Å². The number of aromatic nitrogens is 1. The predicted molar refractivity (Wildman–Crippen MR) is 134 cm³/mol. The van der Waals surface area contributed by atoms with Crippen LogP contribution in [0.5, 0.6) is 11.5 Å². The summed E-state index contributed by atoms with van der Waals surface area (Å²) in [7, 11) is -3.26. The third-order valence-corrected chi connectivity index (χ3v) is 7.88. The van der Waals surface area contributed by atoms with Crippen LogP contribution in [0.3, 0.4) is 0 Å². The molecule has 1 amide bonds. The normalized spacial score (nSPS) is 14.4. The van der Waals surface area contributed by atoms with Crippen LogP contribution in [-0.2, 0) is 9.84 Å². The first kappa shape index (κ1) is 22.4. The van der Waals surface area contributed by atoms with Gasteiger partial charge in [0, 0.05) is 38.0 Å². The fourth-order valence-corrected chi connectivity index (χ4v) is 5.61. The highest BCUT2D eigenvalue weighted by Gasteiger charge is 2.24. The highest BCUT2D eigenvalue weighted by molar-refractivity contribution is 7.90. The van der Waals surface area contributed by atoms with Crippen molar-refractivity contribution < 1.29 is 17.9 Å². The van der Waals surface area contributed by atoms with Crippen LogP contribution >= 0.6 is 11.3 Å². The number of fused-ring (bicyclic) bond motifs is 1. The minimum absolute atomic E-state index is 0.00648. The van der Waals surface area contributed by atoms with E-state index in [0.29, 0.717) is 42.4 Å². The van der Waals surface area contributed by atoms with Crippen molar-refractivity contribution in [3.8, 4) is 11.5 Å². The van der Waals surface area contributed by atoms with Crippen LogP contribution in [0.1, 0.15) is 10.4 Å². The zero-order chi connectivity index (χ0) is 23.7. The molecule has 0 aliphatic carbocycles. The SMILES string of the molecule is CS(=O)(=O)c1ccc2nc(N3CCN(C(=O)c4ccc(Oc5ccccc5)cc4)CC3)sc2c1. The number of carbonyl (C=O) groups is 1. The first-order valence-corrected chi connectivity index (χ1v) is 13.6. The molecule has 1 aliphatic rings. The summed E-state index contributed by atoms with van der Waals surface area (Å²) >= 11 is 1.48. The Bertz CT molecular complexity index is 1430. The Labute approximate surface area is 202 Å². The molecule has 1 aromatic heterocycles. The number of rotatable bonds is 5. The number of hydrogen-bond donors (Lipinski definition) is 0. The highest BCUT2D eigenvalue weighted by Crippen LogP contribution is 2.31. The lowest BCUT2D eigenvalue weighted by Crippen LogP contribution is -2.48. The number of amides is 1. The summed E-state index contributed by atoms with van der Waals surface area (Å²) in [5.74, 6) is 1.43. The number of hydrogen-bond acceptors (Lipinski definition) is 7. The molecule has 0 bridgehead atoms. The number of sulfone groups is 1. The Morgan fingerprint density at radius 3 is 2.26 bits per heavy atom. The molecular weight excluding hydrogens is 470 g/mol. The fourth-order valence-electron chi connectivity index (χ4n) is 3.83. The maximum atomic E-state index is 13.0. The van der Waals surface area contributed by atoms with Gasteiger partial charge in [-0.05, 0) is 54.6 Å². The Morgan fingerprint density at radius 2 is 1.59 bits per heavy atom. The van der Waals surface area contributed by atoms with Crippen LogP contribution in [0.15, 0.2) is 77.7 Å². The van der Waals surface area contributed by atoms with Gasteiger partial charge in [-0.3, -0.25) is 4.79 Å². The molecule has 0 N–H and O–H groups in total. The van der Waals surface area contributed by atoms with Crippen molar-refractivity contribution in [2.24, 2.45) is 0 Å². The van der Waals surface area contributed by atoms with E-state index in [1.165, 1.54) is 17.6 Å². The predicted octanol–water partition coefficient (Wildman–Crippen LogP) is 4.45. The molecule has 34 heavy (non-hydrogen) atoms. The van der Waals surface area contributed by atoms with Crippen molar-refractivity contribution in [1.29, 1.82) is 0 Å². The number of para-hydroxylation sites is 1. The smallest absolute Gasteiger partial charge is 0.253 e. The second-order valence-corrected chi connectivity index (χ2v) is 11.1. The highest BCUT2D eigenvalue weighted by atomic mass is 32.2. The molecule has 4 aromatic rings. The number of piperazine rings is 1. The van der Waals surface area contributed by atoms with Crippen molar-refractivity contribution in [3.05, 3.63) is 78.4 Å². The Kier molecular flexibility index (Phi) is 5.97. The molecule has 1 fully saturated rings. The minimum atomic E-state index is -3.26. The van der Waals surface area contributed by atoms with Gasteiger partial charge in [-0.15, -0.1) is 0 Å². The number of ether oxygens (including phenoxy) is 1. The van der Waals surface area contributed by atoms with Gasteiger partial charge in [-0.25, -0.2) is 13.4 Å². The standard InChI is InChI=1S/C25H23N3O4S2/c1-34(30,31)21-11-12-22-23(17-21)33-25(26-22)28-15-13-27(14-16-28)24(29)18-7-9-20(10-8-18)32-19-5-3-2-4-6-19/h2-12,17H,13-16H2,1H3. The lowest BCUT2D eigenvalue weighted by atomic mass is 10.1. The number of carbonyl (C=O) groups excluding carboxylic acids is 1. The third kappa shape index (κ3) is 4.76. The van der Waals surface area contributed by atoms with Crippen LogP contribution in [0, 0.1) is 0 Å². The first-order chi connectivity index (χ1) is 16.4. The topological polar surface area (TPSA) is 79.8 Å². The summed E-state index contributed by atoms with van der Waals surface area (Å²) in [5, 5.41) is 0.843. The molecule has 1 saturated heterocycles. The van der Waals surface area contributed by atoms with Gasteiger partial charge in [-0.2, -0.15) is 0 Å². The van der Waals surface area contributed by atoms with Crippen LogP contribution in [0.4, 0.5) is 5.13 Å². The van der Waals surface area contributed by atoms with Crippen LogP contribution in [0.25, 0.3) is 10.2 Å². The lowest BCUT2D eigenvalue weighted by Gasteiger charge is -2.34. The van der Waals surface area contributed by atoms with E-state index in [4.69, 9.17) is 4.74 Å². The van der Waals surface area contributed by atoms with Crippen molar-refractivity contribution in [3.63, 3.8) is 0 Å². The summed E-state index contributed by atoms with van der Waals surface area (Å²) in [4.78, 5) is 21.9. The molecule has 0 atom stereocenters. The van der Waals surface area contributed by atoms with Gasteiger partial charge in [0.25, 0.3) is 5.91 Å². The zero-order valence-corrected chi connectivity index (χ0v) is 20.2. The van der Waals surface area contributed by atoms with Crippen molar-refractivity contribution in [1.82, 2.24) is 9.88 Å². The van der Waals surface area contributed by atoms with E-state index in [9.17, 15) is 13.2 Å². The molecule has 2 heterocycles. The largest absolute Gasteiger partial charge is 0.457 e. The number of benzene rings is 3. The molecule has 0 spiro atoms. The van der Waals surface area contributed by atoms with Gasteiger partial charge in [0.05, 0.1) is 15.1 Å². The van der Waals surface area contributed by atoms with Crippen LogP contribution in [-0.4, -0.2) is 56.6 Å². The first-order valence-electron chi connectivity index (χ1n) is 10.8. The summed E-state index contributed by atoms with van der Waals surface area (Å²) in [6, 6.07) is 21.7. The molecule has 5 rings (SSSR count). The van der Waals surface area contributed by atoms with E-state index in [-0.39, 0.29) is 5.91 Å². The molecule has 1 aliphatic heterocycles. The van der Waals surface area contributed by atoms with Gasteiger partial charge in [0.1, 0.15) is 11.5 Å². The lowest BCUT2D eigenvalue weighted by molar-refractivity contribution is 0.0746. The number of nitrogens with zero attached hydrogens (tertiary/aromatic N) is 3. The molecule has 3 aromatic carbocycles. The van der Waals surface area contributed by atoms with Gasteiger partial charge >= 0.3 is 0 Å². The molecular formula is C25H23N3O4S2. The van der Waals surface area contributed by atoms with Crippen molar-refractivity contribution in [2.75, 3.05) is 37.3 Å². The van der Waals surface area contributed by atoms with E-state index in [1.54, 1.807) is 30.3 Å². The van der Waals surface area contributed by atoms with Gasteiger partial charge < -0.3 is 14.5 Å². The van der Waals surface area contributed by atoms with E-state index in [0.717, 1.165) is 21.1 Å². The number of thiazole rings is 1. The molecule has 174 valence electrons. The average Bonchev–Trinajstić information content (AvgIpc) is 3.28. The molecule has 9 heteroatoms. The second-order valence-electron chi connectivity index (χ2n) is 8.12. The van der Waals surface area contributed by atoms with Crippen LogP contribution in [0.2, 0.25) is 0 Å². The zero-order valence-electron chi connectivity index (χ0n) is 18.5. The molecule has 0 unspecified atom stereocenters. The fraction of sp³-hybridized carbons (Fsp3) is 0.200. The Morgan fingerprint density at radius 1 is 0.912 bits per heavy atom. The van der Waals surface area contributed by atoms with E-state index < -0.39 is 9.84 Å². The molecule has 0 radical (unpaired) electrons. The van der Waals surface area contributed by atoms with Crippen molar-refractivity contribution in [2.45, 2.75) is 4.90 Å². The van der Waals surface area contributed by atoms with Gasteiger partial charge in [0.15, 0.2) is 15.0 Å². The average molecular weight is 494 g/mol. The van der Waals surface area contributed by atoms with E-state index in [2.05, 4.69) is 9.88 Å². The van der Waals surface area contributed by atoms with Gasteiger partial charge in [-0.1, -0.05) is 29.5 Å². The monoisotopic (exact) mass is 493 g/mol. The van der Waals surface area contributed by atoms with Gasteiger partial charge in [0.2, 0.25) is 0 Å². The third-order valence-electron chi connectivity index (χ3n) is 5.69. The van der Waals surface area contributed by atoms with E-state index >= 15 is 0 Å². The quantitative estimate of drug-likeness (QED) is 0.409. The maximum Gasteiger partial charge on any atom is 0.253 e. The second kappa shape index (κ2) is 9.08. The summed E-state index contributed by atoms with van der Waals surface area (Å²) in [5.41, 5.74) is 1.41. The summed E-state index contributed by atoms with van der Waals surface area (Å²) in [6.07, 6.45) is 1.20. The maximum absolute atomic E-state index is 13.0. The minimum Gasteiger partial charge on any atom is -0.457 e. The summed E-state index contributed by atoms with van der Waals surface area (Å²) < 4.78 is 30.3. The Hall–Kier alpha value is -3.43. The summed E-state index contributed by atoms with van der Waals surface area (Å²) in [6.45, 7) is 2.51. The molecule has 0 saturated carbocycles. The van der Waals surface area contributed by atoms with Crippen LogP contribution < -0.4 is 9.64 Å². The van der Waals surface area contributed by atoms with Crippen molar-refractivity contribution >= 4 is 42.4 Å². The number of anilines is 1. The Balaban J connectivity index is 1.22. The molecule has 7 nitrogen and oxygen atoms in total.